The van der Waals surface area contributed by atoms with Gasteiger partial charge >= 0.3 is 0 Å². The number of hydrogen-bond acceptors (Lipinski definition) is 1. The zero-order valence-electron chi connectivity index (χ0n) is 12.7. The minimum Gasteiger partial charge on any atom is -0.309 e. The Hall–Kier alpha value is -1.74. The molecule has 112 valence electrons. The average Bonchev–Trinajstić information content (AvgIpc) is 2.51. The van der Waals surface area contributed by atoms with Gasteiger partial charge in [0.05, 0.1) is 6.04 Å². The second kappa shape index (κ2) is 6.81. The van der Waals surface area contributed by atoms with Crippen molar-refractivity contribution in [2.45, 2.75) is 32.2 Å². The SMILES string of the molecule is CCC(C)c1ccc(C(NC)c2ccc(F)c(F)c2)cc1. The lowest BCUT2D eigenvalue weighted by atomic mass is 9.93. The summed E-state index contributed by atoms with van der Waals surface area (Å²) in [6.45, 7) is 4.36. The number of nitrogens with one attached hydrogen (secondary N) is 1. The van der Waals surface area contributed by atoms with Gasteiger partial charge in [-0.15, -0.1) is 0 Å². The van der Waals surface area contributed by atoms with E-state index >= 15 is 0 Å². The number of benzene rings is 2. The van der Waals surface area contributed by atoms with E-state index in [1.807, 2.05) is 19.2 Å². The van der Waals surface area contributed by atoms with Crippen LogP contribution in [0.1, 0.15) is 48.9 Å². The zero-order chi connectivity index (χ0) is 15.4. The Morgan fingerprint density at radius 1 is 0.905 bits per heavy atom. The van der Waals surface area contributed by atoms with Crippen molar-refractivity contribution in [2.75, 3.05) is 7.05 Å². The summed E-state index contributed by atoms with van der Waals surface area (Å²) in [6.07, 6.45) is 1.10. The maximum absolute atomic E-state index is 13.4. The first-order valence-corrected chi connectivity index (χ1v) is 7.28. The normalized spacial score (nSPS) is 14.0. The molecule has 2 unspecified atom stereocenters. The molecule has 2 aromatic rings. The standard InChI is InChI=1S/C18H21F2N/c1-4-12(2)13-5-7-14(8-6-13)18(21-3)15-9-10-16(19)17(20)11-15/h5-12,18,21H,4H2,1-3H3. The van der Waals surface area contributed by atoms with Crippen LogP contribution in [-0.4, -0.2) is 7.05 Å². The Bertz CT molecular complexity index is 593. The van der Waals surface area contributed by atoms with Crippen molar-refractivity contribution < 1.29 is 8.78 Å². The molecule has 2 atom stereocenters. The van der Waals surface area contributed by atoms with Crippen LogP contribution in [0.5, 0.6) is 0 Å². The van der Waals surface area contributed by atoms with Gasteiger partial charge in [0.15, 0.2) is 11.6 Å². The van der Waals surface area contributed by atoms with Crippen molar-refractivity contribution in [3.05, 3.63) is 70.8 Å². The molecule has 1 N–H and O–H groups in total. The van der Waals surface area contributed by atoms with Crippen LogP contribution in [0.15, 0.2) is 42.5 Å². The van der Waals surface area contributed by atoms with Gasteiger partial charge in [0.2, 0.25) is 0 Å². The van der Waals surface area contributed by atoms with E-state index in [0.717, 1.165) is 12.0 Å². The highest BCUT2D eigenvalue weighted by molar-refractivity contribution is 5.34. The first-order chi connectivity index (χ1) is 10.1. The van der Waals surface area contributed by atoms with E-state index in [0.29, 0.717) is 11.5 Å². The van der Waals surface area contributed by atoms with Crippen LogP contribution in [0.2, 0.25) is 0 Å². The van der Waals surface area contributed by atoms with Gasteiger partial charge in [-0.25, -0.2) is 8.78 Å². The molecule has 0 radical (unpaired) electrons. The molecular weight excluding hydrogens is 268 g/mol. The Morgan fingerprint density at radius 3 is 2.00 bits per heavy atom. The van der Waals surface area contributed by atoms with Crippen molar-refractivity contribution in [1.29, 1.82) is 0 Å². The zero-order valence-corrected chi connectivity index (χ0v) is 12.7. The van der Waals surface area contributed by atoms with Crippen LogP contribution in [0, 0.1) is 11.6 Å². The molecule has 0 bridgehead atoms. The lowest BCUT2D eigenvalue weighted by Crippen LogP contribution is -2.18. The summed E-state index contributed by atoms with van der Waals surface area (Å²) in [4.78, 5) is 0. The number of hydrogen-bond donors (Lipinski definition) is 1. The molecule has 0 aliphatic heterocycles. The van der Waals surface area contributed by atoms with Gasteiger partial charge in [-0.1, -0.05) is 44.2 Å². The molecule has 0 spiro atoms. The van der Waals surface area contributed by atoms with Gasteiger partial charge in [0.25, 0.3) is 0 Å². The van der Waals surface area contributed by atoms with Crippen LogP contribution in [0.25, 0.3) is 0 Å². The minimum atomic E-state index is -0.819. The second-order valence-electron chi connectivity index (χ2n) is 5.37. The molecule has 1 nitrogen and oxygen atoms in total. The molecule has 0 amide bonds. The van der Waals surface area contributed by atoms with E-state index < -0.39 is 11.6 Å². The van der Waals surface area contributed by atoms with Crippen LogP contribution in [0.4, 0.5) is 8.78 Å². The molecule has 21 heavy (non-hydrogen) atoms. The van der Waals surface area contributed by atoms with Crippen molar-refractivity contribution in [3.63, 3.8) is 0 Å². The molecule has 2 rings (SSSR count). The third-order valence-electron chi connectivity index (χ3n) is 4.02. The Balaban J connectivity index is 2.30. The lowest BCUT2D eigenvalue weighted by Gasteiger charge is -2.18. The topological polar surface area (TPSA) is 12.0 Å². The fourth-order valence-electron chi connectivity index (χ4n) is 2.47. The maximum atomic E-state index is 13.4. The highest BCUT2D eigenvalue weighted by Gasteiger charge is 2.14. The molecule has 0 saturated carbocycles. The lowest BCUT2D eigenvalue weighted by molar-refractivity contribution is 0.505. The van der Waals surface area contributed by atoms with Crippen LogP contribution in [0.3, 0.4) is 0 Å². The fraction of sp³-hybridized carbons (Fsp3) is 0.333. The van der Waals surface area contributed by atoms with Crippen LogP contribution >= 0.6 is 0 Å². The van der Waals surface area contributed by atoms with Gasteiger partial charge in [-0.3, -0.25) is 0 Å². The average molecular weight is 289 g/mol. The summed E-state index contributed by atoms with van der Waals surface area (Å²) < 4.78 is 26.5. The largest absolute Gasteiger partial charge is 0.309 e. The smallest absolute Gasteiger partial charge is 0.159 e. The summed E-state index contributed by atoms with van der Waals surface area (Å²) in [5, 5.41) is 3.15. The summed E-state index contributed by atoms with van der Waals surface area (Å²) in [5.41, 5.74) is 3.05. The van der Waals surface area contributed by atoms with Crippen molar-refractivity contribution in [1.82, 2.24) is 5.32 Å². The Morgan fingerprint density at radius 2 is 1.48 bits per heavy atom. The third kappa shape index (κ3) is 3.48. The number of rotatable bonds is 5. The number of halogens is 2. The molecule has 0 heterocycles. The Kier molecular flexibility index (Phi) is 5.07. The molecule has 0 aromatic heterocycles. The summed E-state index contributed by atoms with van der Waals surface area (Å²) >= 11 is 0. The van der Waals surface area contributed by atoms with Gasteiger partial charge < -0.3 is 5.32 Å². The monoisotopic (exact) mass is 289 g/mol. The molecule has 2 aromatic carbocycles. The Labute approximate surface area is 125 Å². The highest BCUT2D eigenvalue weighted by atomic mass is 19.2. The summed E-state index contributed by atoms with van der Waals surface area (Å²) in [7, 11) is 1.81. The van der Waals surface area contributed by atoms with Crippen LogP contribution < -0.4 is 5.32 Å². The van der Waals surface area contributed by atoms with Crippen molar-refractivity contribution in [3.8, 4) is 0 Å². The van der Waals surface area contributed by atoms with Gasteiger partial charge in [0.1, 0.15) is 0 Å². The molecule has 3 heteroatoms. The molecule has 0 fully saturated rings. The highest BCUT2D eigenvalue weighted by Crippen LogP contribution is 2.26. The summed E-state index contributed by atoms with van der Waals surface area (Å²) in [6, 6.07) is 12.2. The molecule has 0 aliphatic carbocycles. The van der Waals surface area contributed by atoms with Crippen molar-refractivity contribution in [2.24, 2.45) is 0 Å². The van der Waals surface area contributed by atoms with E-state index in [2.05, 4.69) is 31.3 Å². The van der Waals surface area contributed by atoms with E-state index in [-0.39, 0.29) is 6.04 Å². The molecule has 0 aliphatic rings. The van der Waals surface area contributed by atoms with E-state index in [1.54, 1.807) is 6.07 Å². The van der Waals surface area contributed by atoms with Crippen molar-refractivity contribution >= 4 is 0 Å². The quantitative estimate of drug-likeness (QED) is 0.834. The van der Waals surface area contributed by atoms with Gasteiger partial charge in [-0.05, 0) is 48.2 Å². The first kappa shape index (κ1) is 15.6. The van der Waals surface area contributed by atoms with E-state index in [4.69, 9.17) is 0 Å². The fourth-order valence-corrected chi connectivity index (χ4v) is 2.47. The predicted octanol–water partition coefficient (Wildman–Crippen LogP) is 4.79. The summed E-state index contributed by atoms with van der Waals surface area (Å²) in [5.74, 6) is -1.11. The van der Waals surface area contributed by atoms with E-state index in [1.165, 1.54) is 17.7 Å². The first-order valence-electron chi connectivity index (χ1n) is 7.28. The minimum absolute atomic E-state index is 0.147. The third-order valence-corrected chi connectivity index (χ3v) is 4.02. The van der Waals surface area contributed by atoms with E-state index in [9.17, 15) is 8.78 Å². The molecule has 0 saturated heterocycles. The van der Waals surface area contributed by atoms with Gasteiger partial charge in [-0.2, -0.15) is 0 Å². The second-order valence-corrected chi connectivity index (χ2v) is 5.37. The predicted molar refractivity (Wildman–Crippen MR) is 82.4 cm³/mol. The van der Waals surface area contributed by atoms with Gasteiger partial charge in [0, 0.05) is 0 Å². The molecular formula is C18H21F2N. The van der Waals surface area contributed by atoms with Crippen LogP contribution in [-0.2, 0) is 0 Å². The maximum Gasteiger partial charge on any atom is 0.159 e.